The number of benzene rings is 1. The first-order chi connectivity index (χ1) is 7.52. The predicted molar refractivity (Wildman–Crippen MR) is 55.5 cm³/mol. The van der Waals surface area contributed by atoms with Gasteiger partial charge in [-0.2, -0.15) is 0 Å². The van der Waals surface area contributed by atoms with Crippen LogP contribution in [-0.4, -0.2) is 20.7 Å². The number of aliphatic hydroxyl groups is 1. The van der Waals surface area contributed by atoms with Crippen molar-refractivity contribution in [3.05, 3.63) is 35.8 Å². The summed E-state index contributed by atoms with van der Waals surface area (Å²) in [6.45, 7) is 0. The topological polar surface area (TPSA) is 62.5 Å². The monoisotopic (exact) mass is 223 g/mol. The molecule has 0 spiro atoms. The van der Waals surface area contributed by atoms with Crippen LogP contribution in [0.15, 0.2) is 24.3 Å². The minimum Gasteiger partial charge on any atom is -0.479 e. The highest BCUT2D eigenvalue weighted by atomic mass is 19.1. The van der Waals surface area contributed by atoms with Crippen LogP contribution in [0.1, 0.15) is 11.8 Å². The van der Waals surface area contributed by atoms with Gasteiger partial charge in [-0.3, -0.25) is 0 Å². The van der Waals surface area contributed by atoms with E-state index in [1.54, 1.807) is 6.07 Å². The zero-order valence-corrected chi connectivity index (χ0v) is 8.51. The molecule has 2 aromatic rings. The summed E-state index contributed by atoms with van der Waals surface area (Å²) in [5.41, 5.74) is 0.449. The van der Waals surface area contributed by atoms with Crippen molar-refractivity contribution in [2.45, 2.75) is 6.10 Å². The molecule has 0 amide bonds. The zero-order chi connectivity index (χ0) is 11.9. The Kier molecular flexibility index (Phi) is 2.40. The fraction of sp³-hybridized carbons (Fsp3) is 0.182. The molecule has 0 radical (unpaired) electrons. The number of para-hydroxylation sites is 1. The predicted octanol–water partition coefficient (Wildman–Crippen LogP) is 1.44. The van der Waals surface area contributed by atoms with Crippen LogP contribution in [0, 0.1) is 5.82 Å². The summed E-state index contributed by atoms with van der Waals surface area (Å²) in [4.78, 5) is 10.7. The van der Waals surface area contributed by atoms with E-state index < -0.39 is 17.9 Å². The van der Waals surface area contributed by atoms with Gasteiger partial charge in [-0.1, -0.05) is 12.1 Å². The highest BCUT2D eigenvalue weighted by Gasteiger charge is 2.21. The molecule has 16 heavy (non-hydrogen) atoms. The van der Waals surface area contributed by atoms with E-state index in [2.05, 4.69) is 0 Å². The number of nitrogens with zero attached hydrogens (tertiary/aromatic N) is 1. The molecule has 0 aliphatic carbocycles. The molecule has 1 aromatic carbocycles. The number of fused-ring (bicyclic) bond motifs is 1. The van der Waals surface area contributed by atoms with Gasteiger partial charge in [0.25, 0.3) is 0 Å². The molecule has 4 nitrogen and oxygen atoms in total. The number of rotatable bonds is 2. The maximum absolute atomic E-state index is 13.5. The maximum atomic E-state index is 13.5. The Morgan fingerprint density at radius 2 is 2.19 bits per heavy atom. The lowest BCUT2D eigenvalue weighted by molar-refractivity contribution is -0.147. The number of hydrogen-bond donors (Lipinski definition) is 2. The molecule has 1 aromatic heterocycles. The highest BCUT2D eigenvalue weighted by Crippen LogP contribution is 2.25. The Morgan fingerprint density at radius 1 is 1.50 bits per heavy atom. The second kappa shape index (κ2) is 3.61. The number of aliphatic carboxylic acids is 1. The Balaban J connectivity index is 2.70. The van der Waals surface area contributed by atoms with Crippen molar-refractivity contribution in [2.24, 2.45) is 7.05 Å². The van der Waals surface area contributed by atoms with Gasteiger partial charge in [0, 0.05) is 12.4 Å². The number of carboxylic acids is 1. The molecule has 0 fully saturated rings. The van der Waals surface area contributed by atoms with E-state index in [0.29, 0.717) is 5.39 Å². The van der Waals surface area contributed by atoms with Crippen molar-refractivity contribution in [2.75, 3.05) is 0 Å². The maximum Gasteiger partial charge on any atom is 0.338 e. The van der Waals surface area contributed by atoms with Crippen molar-refractivity contribution in [1.82, 2.24) is 4.57 Å². The Hall–Kier alpha value is -1.88. The molecule has 0 aliphatic rings. The number of halogens is 1. The van der Waals surface area contributed by atoms with E-state index in [1.807, 2.05) is 0 Å². The summed E-state index contributed by atoms with van der Waals surface area (Å²) in [5, 5.41) is 18.7. The quantitative estimate of drug-likeness (QED) is 0.809. The summed E-state index contributed by atoms with van der Waals surface area (Å²) in [5.74, 6) is -1.80. The Morgan fingerprint density at radius 3 is 2.75 bits per heavy atom. The molecule has 0 saturated carbocycles. The smallest absolute Gasteiger partial charge is 0.338 e. The highest BCUT2D eigenvalue weighted by molar-refractivity contribution is 5.84. The fourth-order valence-corrected chi connectivity index (χ4v) is 1.78. The molecule has 0 bridgehead atoms. The SMILES string of the molecule is Cn1c(C(O)C(=O)O)cc2cccc(F)c21. The van der Waals surface area contributed by atoms with E-state index in [4.69, 9.17) is 5.11 Å². The van der Waals surface area contributed by atoms with Gasteiger partial charge in [0.15, 0.2) is 6.10 Å². The third-order valence-corrected chi connectivity index (χ3v) is 2.56. The molecular formula is C11H10FNO3. The van der Waals surface area contributed by atoms with Crippen LogP contribution < -0.4 is 0 Å². The molecule has 5 heteroatoms. The lowest BCUT2D eigenvalue weighted by Crippen LogP contribution is -2.13. The first-order valence-corrected chi connectivity index (χ1v) is 4.67. The summed E-state index contributed by atoms with van der Waals surface area (Å²) in [7, 11) is 1.52. The van der Waals surface area contributed by atoms with E-state index in [0.717, 1.165) is 0 Å². The number of hydrogen-bond acceptors (Lipinski definition) is 2. The second-order valence-electron chi connectivity index (χ2n) is 3.55. The first kappa shape index (κ1) is 10.6. The summed E-state index contributed by atoms with van der Waals surface area (Å²) in [6, 6.07) is 5.96. The number of carboxylic acid groups (broad SMARTS) is 1. The molecular weight excluding hydrogens is 213 g/mol. The molecule has 2 rings (SSSR count). The van der Waals surface area contributed by atoms with Gasteiger partial charge in [0.05, 0.1) is 11.2 Å². The fourth-order valence-electron chi connectivity index (χ4n) is 1.78. The van der Waals surface area contributed by atoms with Gasteiger partial charge in [0.2, 0.25) is 0 Å². The van der Waals surface area contributed by atoms with Crippen molar-refractivity contribution in [3.8, 4) is 0 Å². The van der Waals surface area contributed by atoms with Gasteiger partial charge in [0.1, 0.15) is 5.82 Å². The summed E-state index contributed by atoms with van der Waals surface area (Å²) in [6.07, 6.45) is -1.64. The van der Waals surface area contributed by atoms with Crippen molar-refractivity contribution in [3.63, 3.8) is 0 Å². The average Bonchev–Trinajstić information content (AvgIpc) is 2.56. The lowest BCUT2D eigenvalue weighted by Gasteiger charge is -2.07. The van der Waals surface area contributed by atoms with Crippen LogP contribution in [0.5, 0.6) is 0 Å². The van der Waals surface area contributed by atoms with Gasteiger partial charge >= 0.3 is 5.97 Å². The van der Waals surface area contributed by atoms with Gasteiger partial charge in [-0.25, -0.2) is 9.18 Å². The molecule has 84 valence electrons. The normalized spacial score (nSPS) is 12.9. The second-order valence-corrected chi connectivity index (χ2v) is 3.55. The van der Waals surface area contributed by atoms with E-state index in [9.17, 15) is 14.3 Å². The average molecular weight is 223 g/mol. The van der Waals surface area contributed by atoms with E-state index >= 15 is 0 Å². The van der Waals surface area contributed by atoms with Crippen molar-refractivity contribution < 1.29 is 19.4 Å². The minimum atomic E-state index is -1.64. The Labute approximate surface area is 90.5 Å². The minimum absolute atomic E-state index is 0.160. The Bertz CT molecular complexity index is 562. The summed E-state index contributed by atoms with van der Waals surface area (Å²) < 4.78 is 14.8. The third kappa shape index (κ3) is 1.45. The molecule has 0 saturated heterocycles. The zero-order valence-electron chi connectivity index (χ0n) is 8.51. The molecule has 0 aliphatic heterocycles. The van der Waals surface area contributed by atoms with Crippen LogP contribution in [0.4, 0.5) is 4.39 Å². The van der Waals surface area contributed by atoms with E-state index in [1.165, 1.54) is 29.8 Å². The van der Waals surface area contributed by atoms with Crippen molar-refractivity contribution in [1.29, 1.82) is 0 Å². The third-order valence-electron chi connectivity index (χ3n) is 2.56. The van der Waals surface area contributed by atoms with Crippen LogP contribution in [-0.2, 0) is 11.8 Å². The standard InChI is InChI=1S/C11H10FNO3/c1-13-8(10(14)11(15)16)5-6-3-2-4-7(12)9(6)13/h2-5,10,14H,1H3,(H,15,16). The van der Waals surface area contributed by atoms with E-state index in [-0.39, 0.29) is 11.2 Å². The number of carbonyl (C=O) groups is 1. The summed E-state index contributed by atoms with van der Waals surface area (Å²) >= 11 is 0. The molecule has 1 heterocycles. The van der Waals surface area contributed by atoms with Crippen LogP contribution >= 0.6 is 0 Å². The van der Waals surface area contributed by atoms with Crippen LogP contribution in [0.2, 0.25) is 0 Å². The van der Waals surface area contributed by atoms with Crippen LogP contribution in [0.25, 0.3) is 10.9 Å². The number of aromatic nitrogens is 1. The van der Waals surface area contributed by atoms with Gasteiger partial charge < -0.3 is 14.8 Å². The van der Waals surface area contributed by atoms with Crippen molar-refractivity contribution >= 4 is 16.9 Å². The molecule has 1 unspecified atom stereocenters. The van der Waals surface area contributed by atoms with Gasteiger partial charge in [-0.05, 0) is 12.1 Å². The molecule has 2 N–H and O–H groups in total. The largest absolute Gasteiger partial charge is 0.479 e. The number of aliphatic hydroxyl groups excluding tert-OH is 1. The lowest BCUT2D eigenvalue weighted by atomic mass is 10.2. The number of aryl methyl sites for hydroxylation is 1. The first-order valence-electron chi connectivity index (χ1n) is 4.67. The van der Waals surface area contributed by atoms with Gasteiger partial charge in [-0.15, -0.1) is 0 Å². The van der Waals surface area contributed by atoms with Crippen LogP contribution in [0.3, 0.4) is 0 Å². The molecule has 1 atom stereocenters.